The monoisotopic (exact) mass is 425 g/mol. The molecule has 1 N–H and O–H groups in total. The summed E-state index contributed by atoms with van der Waals surface area (Å²) in [5.74, 6) is 0.894. The van der Waals surface area contributed by atoms with Gasteiger partial charge in [0.25, 0.3) is 0 Å². The van der Waals surface area contributed by atoms with Crippen molar-refractivity contribution in [3.05, 3.63) is 18.6 Å². The van der Waals surface area contributed by atoms with Crippen LogP contribution in [-0.2, 0) is 17.4 Å². The van der Waals surface area contributed by atoms with Gasteiger partial charge in [0.1, 0.15) is 11.2 Å². The van der Waals surface area contributed by atoms with E-state index in [9.17, 15) is 4.79 Å². The number of ether oxygens (including phenoxy) is 1. The standard InChI is InChI=1S/C20H29N5O2S.Na/c1-19(2,3)27-18(26)23-15-5-4-6-20(15)7-10-24(11-8-20)17-22-13-14(28)16-21-9-12-25(16)17;/h9,12-13,15,28H,4-8,10-11H2,1-3H3,(H,23,26);/q;+1/p-1/t15-;/m1./s1. The van der Waals surface area contributed by atoms with Crippen molar-refractivity contribution < 1.29 is 39.1 Å². The van der Waals surface area contributed by atoms with Gasteiger partial charge in [0.05, 0.1) is 0 Å². The van der Waals surface area contributed by atoms with Crippen LogP contribution in [0.4, 0.5) is 10.7 Å². The summed E-state index contributed by atoms with van der Waals surface area (Å²) in [7, 11) is 0. The van der Waals surface area contributed by atoms with Crippen molar-refractivity contribution in [1.29, 1.82) is 0 Å². The zero-order valence-corrected chi connectivity index (χ0v) is 20.6. The SMILES string of the molecule is CC(C)(C)OC(=O)N[C@@H]1CCCC12CCN(c1ncc([S-])c3nccn13)CC2.[Na+]. The number of anilines is 1. The second-order valence-electron chi connectivity index (χ2n) is 8.98. The van der Waals surface area contributed by atoms with Crippen LogP contribution in [0, 0.1) is 5.41 Å². The van der Waals surface area contributed by atoms with Crippen molar-refractivity contribution in [3.63, 3.8) is 0 Å². The number of nitrogens with zero attached hydrogens (tertiary/aromatic N) is 4. The number of hydrogen-bond donors (Lipinski definition) is 1. The predicted octanol–water partition coefficient (Wildman–Crippen LogP) is 0.303. The topological polar surface area (TPSA) is 71.8 Å². The molecule has 2 fully saturated rings. The normalized spacial score (nSPS) is 21.2. The van der Waals surface area contributed by atoms with E-state index < -0.39 is 5.60 Å². The van der Waals surface area contributed by atoms with Gasteiger partial charge in [-0.15, -0.1) is 4.90 Å². The van der Waals surface area contributed by atoms with Crippen LogP contribution in [-0.4, -0.2) is 45.2 Å². The Bertz CT molecular complexity index is 873. The van der Waals surface area contributed by atoms with E-state index in [4.69, 9.17) is 17.4 Å². The minimum Gasteiger partial charge on any atom is -0.775 e. The third-order valence-corrected chi connectivity index (χ3v) is 6.30. The average Bonchev–Trinajstić information content (AvgIpc) is 3.24. The van der Waals surface area contributed by atoms with E-state index >= 15 is 0 Å². The van der Waals surface area contributed by atoms with Crippen molar-refractivity contribution in [3.8, 4) is 0 Å². The number of alkyl carbamates (subject to hydrolysis) is 1. The summed E-state index contributed by atoms with van der Waals surface area (Å²) in [5.41, 5.74) is 0.461. The zero-order chi connectivity index (χ0) is 19.9. The van der Waals surface area contributed by atoms with Gasteiger partial charge in [-0.1, -0.05) is 6.42 Å². The Morgan fingerprint density at radius 3 is 2.69 bits per heavy atom. The van der Waals surface area contributed by atoms with Gasteiger partial charge in [-0.3, -0.25) is 4.40 Å². The molecule has 1 amide bonds. The molecule has 2 aromatic rings. The van der Waals surface area contributed by atoms with Crippen molar-refractivity contribution in [1.82, 2.24) is 19.7 Å². The Labute approximate surface area is 199 Å². The first-order valence-corrected chi connectivity index (χ1v) is 10.4. The van der Waals surface area contributed by atoms with E-state index in [2.05, 4.69) is 20.2 Å². The molecule has 0 unspecified atom stereocenters. The van der Waals surface area contributed by atoms with Crippen LogP contribution in [0.3, 0.4) is 0 Å². The van der Waals surface area contributed by atoms with E-state index in [1.807, 2.05) is 31.4 Å². The van der Waals surface area contributed by atoms with E-state index in [0.717, 1.165) is 56.8 Å². The van der Waals surface area contributed by atoms with Gasteiger partial charge < -0.3 is 27.6 Å². The van der Waals surface area contributed by atoms with Gasteiger partial charge >= 0.3 is 35.7 Å². The number of imidazole rings is 1. The first-order valence-electron chi connectivity index (χ1n) is 10.0. The summed E-state index contributed by atoms with van der Waals surface area (Å²) in [5, 5.41) is 3.16. The molecule has 0 bridgehead atoms. The summed E-state index contributed by atoms with van der Waals surface area (Å²) >= 11 is 5.33. The summed E-state index contributed by atoms with van der Waals surface area (Å²) in [6.07, 6.45) is 10.5. The number of rotatable bonds is 2. The Morgan fingerprint density at radius 1 is 1.28 bits per heavy atom. The summed E-state index contributed by atoms with van der Waals surface area (Å²) in [6, 6.07) is 0.181. The van der Waals surface area contributed by atoms with Crippen LogP contribution in [0.25, 0.3) is 5.65 Å². The molecule has 1 saturated carbocycles. The van der Waals surface area contributed by atoms with Crippen LogP contribution in [0.5, 0.6) is 0 Å². The number of piperidine rings is 1. The Kier molecular flexibility index (Phi) is 6.68. The Balaban J connectivity index is 0.00000240. The number of carbonyl (C=O) groups excluding carboxylic acids is 1. The van der Waals surface area contributed by atoms with Crippen molar-refractivity contribution in [2.75, 3.05) is 18.0 Å². The van der Waals surface area contributed by atoms with Gasteiger partial charge in [-0.05, 0) is 51.9 Å². The zero-order valence-electron chi connectivity index (χ0n) is 17.8. The number of amides is 1. The molecule has 1 aliphatic carbocycles. The van der Waals surface area contributed by atoms with Gasteiger partial charge in [-0.25, -0.2) is 14.8 Å². The molecule has 4 rings (SSSR count). The van der Waals surface area contributed by atoms with Crippen LogP contribution >= 0.6 is 0 Å². The smallest absolute Gasteiger partial charge is 0.775 e. The summed E-state index contributed by atoms with van der Waals surface area (Å²) < 4.78 is 7.46. The fraction of sp³-hybridized carbons (Fsp3) is 0.650. The second kappa shape index (κ2) is 8.57. The van der Waals surface area contributed by atoms with Gasteiger partial charge in [0, 0.05) is 37.7 Å². The van der Waals surface area contributed by atoms with Crippen molar-refractivity contribution in [2.24, 2.45) is 5.41 Å². The van der Waals surface area contributed by atoms with Gasteiger partial charge in [0.2, 0.25) is 5.95 Å². The molecule has 152 valence electrons. The number of hydrogen-bond acceptors (Lipinski definition) is 6. The third kappa shape index (κ3) is 4.65. The minimum atomic E-state index is -0.474. The number of fused-ring (bicyclic) bond motifs is 1. The Morgan fingerprint density at radius 2 is 2.00 bits per heavy atom. The fourth-order valence-electron chi connectivity index (χ4n) is 4.68. The number of nitrogens with one attached hydrogen (secondary N) is 1. The third-order valence-electron chi connectivity index (χ3n) is 6.01. The van der Waals surface area contributed by atoms with Crippen LogP contribution in [0.1, 0.15) is 52.9 Å². The molecule has 1 saturated heterocycles. The maximum absolute atomic E-state index is 12.3. The summed E-state index contributed by atoms with van der Waals surface area (Å²) in [6.45, 7) is 7.50. The maximum atomic E-state index is 12.3. The van der Waals surface area contributed by atoms with Crippen molar-refractivity contribution >= 4 is 30.3 Å². The molecule has 9 heteroatoms. The first-order chi connectivity index (χ1) is 13.3. The quantitative estimate of drug-likeness (QED) is 0.551. The molecular weight excluding hydrogens is 397 g/mol. The van der Waals surface area contributed by atoms with Crippen LogP contribution < -0.4 is 39.8 Å². The molecule has 2 aromatic heterocycles. The molecule has 1 aliphatic heterocycles. The van der Waals surface area contributed by atoms with Crippen LogP contribution in [0.15, 0.2) is 23.5 Å². The van der Waals surface area contributed by atoms with E-state index in [-0.39, 0.29) is 47.1 Å². The number of aromatic nitrogens is 3. The number of carbonyl (C=O) groups is 1. The van der Waals surface area contributed by atoms with Gasteiger partial charge in [0.15, 0.2) is 0 Å². The molecule has 7 nitrogen and oxygen atoms in total. The molecule has 29 heavy (non-hydrogen) atoms. The molecule has 3 heterocycles. The fourth-order valence-corrected chi connectivity index (χ4v) is 4.89. The van der Waals surface area contributed by atoms with E-state index in [0.29, 0.717) is 4.90 Å². The molecule has 0 radical (unpaired) electrons. The van der Waals surface area contributed by atoms with Gasteiger partial charge in [-0.2, -0.15) is 0 Å². The summed E-state index contributed by atoms with van der Waals surface area (Å²) in [4.78, 5) is 24.2. The molecule has 0 aromatic carbocycles. The minimum absolute atomic E-state index is 0. The van der Waals surface area contributed by atoms with Crippen LogP contribution in [0.2, 0.25) is 0 Å². The average molecular weight is 426 g/mol. The molecule has 2 aliphatic rings. The predicted molar refractivity (Wildman–Crippen MR) is 110 cm³/mol. The first kappa shape index (κ1) is 22.6. The molecule has 1 spiro atoms. The van der Waals surface area contributed by atoms with Crippen molar-refractivity contribution in [2.45, 2.75) is 69.4 Å². The Hall–Kier alpha value is -1.09. The van der Waals surface area contributed by atoms with E-state index in [1.54, 1.807) is 12.4 Å². The maximum Gasteiger partial charge on any atom is 1.00 e. The molecular formula is C20H28N5NaO2S. The second-order valence-corrected chi connectivity index (χ2v) is 9.42. The largest absolute Gasteiger partial charge is 1.00 e. The van der Waals surface area contributed by atoms with E-state index in [1.165, 1.54) is 0 Å². The molecule has 1 atom stereocenters.